The van der Waals surface area contributed by atoms with Gasteiger partial charge in [0.15, 0.2) is 0 Å². The van der Waals surface area contributed by atoms with Gasteiger partial charge in [-0.05, 0) is 53.7 Å². The van der Waals surface area contributed by atoms with Crippen LogP contribution in [0.5, 0.6) is 11.5 Å². The molecule has 0 aliphatic carbocycles. The monoisotopic (exact) mass is 387 g/mol. The van der Waals surface area contributed by atoms with Crippen molar-refractivity contribution in [2.24, 2.45) is 0 Å². The van der Waals surface area contributed by atoms with Crippen molar-refractivity contribution in [2.45, 2.75) is 5.22 Å². The molecule has 1 heterocycles. The average Bonchev–Trinajstić information content (AvgIpc) is 3.10. The second kappa shape index (κ2) is 7.92. The molecule has 3 rings (SSSR count). The molecule has 7 nitrogen and oxygen atoms in total. The number of hydrogen-bond donors (Lipinski definition) is 1. The number of aliphatic carboxylic acids is 1. The molecule has 3 aromatic rings. The fourth-order valence-electron chi connectivity index (χ4n) is 2.12. The standard InChI is InChI=1S/C18H13FN2O5S/c1-25-14-7-2-10(8-13(14)22)9-15(17(23)24)27-18-21-20-16(26-18)11-3-5-12(19)6-4-11/h2-9,22H,1H3,(H,23,24)/p-1/b15-9+. The molecule has 0 spiro atoms. The molecule has 1 N–H and O–H groups in total. The molecule has 9 heteroatoms. The second-order valence-corrected chi connectivity index (χ2v) is 6.20. The highest BCUT2D eigenvalue weighted by atomic mass is 32.2. The lowest BCUT2D eigenvalue weighted by Crippen LogP contribution is -1.98. The summed E-state index contributed by atoms with van der Waals surface area (Å²) in [6.07, 6.45) is 1.32. The first kappa shape index (κ1) is 18.5. The summed E-state index contributed by atoms with van der Waals surface area (Å²) < 4.78 is 23.3. The van der Waals surface area contributed by atoms with Gasteiger partial charge in [-0.15, -0.1) is 10.2 Å². The maximum atomic E-state index is 13.0. The number of methoxy groups -OCH3 is 1. The van der Waals surface area contributed by atoms with Crippen LogP contribution in [0.15, 0.2) is 57.0 Å². The van der Waals surface area contributed by atoms with Gasteiger partial charge >= 0.3 is 5.97 Å². The number of halogens is 1. The van der Waals surface area contributed by atoms with Gasteiger partial charge in [-0.1, -0.05) is 17.9 Å². The van der Waals surface area contributed by atoms with Crippen LogP contribution in [0.4, 0.5) is 4.39 Å². The lowest BCUT2D eigenvalue weighted by molar-refractivity contribution is -0.270. The zero-order chi connectivity index (χ0) is 19.4. The van der Waals surface area contributed by atoms with Gasteiger partial charge in [0.1, 0.15) is 16.5 Å². The fourth-order valence-corrected chi connectivity index (χ4v) is 2.80. The van der Waals surface area contributed by atoms with E-state index in [4.69, 9.17) is 9.15 Å². The second-order valence-electron chi connectivity index (χ2n) is 5.21. The molecule has 0 radical (unpaired) electrons. The Bertz CT molecular complexity index is 1000. The van der Waals surface area contributed by atoms with E-state index in [2.05, 4.69) is 10.2 Å². The van der Waals surface area contributed by atoms with Gasteiger partial charge in [0.2, 0.25) is 5.89 Å². The number of nitrogens with zero attached hydrogens (tertiary/aromatic N) is 2. The van der Waals surface area contributed by atoms with Crippen molar-refractivity contribution >= 4 is 23.8 Å². The summed E-state index contributed by atoms with van der Waals surface area (Å²) in [4.78, 5) is 11.4. The maximum absolute atomic E-state index is 13.0. The van der Waals surface area contributed by atoms with Gasteiger partial charge in [-0.3, -0.25) is 0 Å². The first-order chi connectivity index (χ1) is 13.0. The van der Waals surface area contributed by atoms with Crippen molar-refractivity contribution in [2.75, 3.05) is 7.11 Å². The van der Waals surface area contributed by atoms with Crippen LogP contribution in [0.2, 0.25) is 0 Å². The van der Waals surface area contributed by atoms with Crippen molar-refractivity contribution < 1.29 is 28.6 Å². The summed E-state index contributed by atoms with van der Waals surface area (Å²) in [5.74, 6) is -1.69. The molecule has 0 saturated carbocycles. The molecule has 0 unspecified atom stereocenters. The number of carbonyl (C=O) groups is 1. The van der Waals surface area contributed by atoms with E-state index in [1.807, 2.05) is 0 Å². The molecule has 0 atom stereocenters. The molecule has 0 saturated heterocycles. The normalized spacial score (nSPS) is 11.4. The van der Waals surface area contributed by atoms with Gasteiger partial charge in [-0.2, -0.15) is 0 Å². The Hall–Kier alpha value is -3.33. The molecule has 0 bridgehead atoms. The summed E-state index contributed by atoms with van der Waals surface area (Å²) in [7, 11) is 1.37. The Morgan fingerprint density at radius 2 is 2.00 bits per heavy atom. The summed E-state index contributed by atoms with van der Waals surface area (Å²) >= 11 is 0.740. The molecule has 0 aliphatic heterocycles. The van der Waals surface area contributed by atoms with E-state index in [0.717, 1.165) is 11.8 Å². The molecule has 1 aromatic heterocycles. The van der Waals surface area contributed by atoms with Crippen molar-refractivity contribution in [3.8, 4) is 23.0 Å². The molecule has 0 amide bonds. The maximum Gasteiger partial charge on any atom is 0.342 e. The number of rotatable bonds is 6. The molecule has 2 aromatic carbocycles. The predicted octanol–water partition coefficient (Wildman–Crippen LogP) is 3.18. The highest BCUT2D eigenvalue weighted by Crippen LogP contribution is 2.31. The number of benzene rings is 2. The molecule has 138 valence electrons. The highest BCUT2D eigenvalue weighted by Gasteiger charge is 2.16. The van der Waals surface area contributed by atoms with Gasteiger partial charge < -0.3 is 19.4 Å². The fraction of sp³-hybridized carbons (Fsp3) is 0.0556. The quantitative estimate of drug-likeness (QED) is 0.507. The van der Waals surface area contributed by atoms with Crippen LogP contribution in [0.3, 0.4) is 0 Å². The van der Waals surface area contributed by atoms with Crippen LogP contribution in [0, 0.1) is 5.82 Å². The molecular formula is C18H12FN2O5S-. The SMILES string of the molecule is COc1ccc(/C=C(/Sc2nnc(-c3ccc(F)cc3)o2)C(=O)O)cc1[O-]. The smallest absolute Gasteiger partial charge is 0.342 e. The first-order valence-corrected chi connectivity index (χ1v) is 8.35. The molecule has 0 fully saturated rings. The van der Waals surface area contributed by atoms with Crippen molar-refractivity contribution in [1.29, 1.82) is 0 Å². The van der Waals surface area contributed by atoms with Crippen molar-refractivity contribution in [1.82, 2.24) is 10.2 Å². The third kappa shape index (κ3) is 4.45. The van der Waals surface area contributed by atoms with Crippen LogP contribution in [-0.4, -0.2) is 28.4 Å². The largest absolute Gasteiger partial charge is 0.870 e. The van der Waals surface area contributed by atoms with Gasteiger partial charge in [-0.25, -0.2) is 9.18 Å². The van der Waals surface area contributed by atoms with Gasteiger partial charge in [0.05, 0.1) is 7.11 Å². The zero-order valence-corrected chi connectivity index (χ0v) is 14.7. The summed E-state index contributed by atoms with van der Waals surface area (Å²) in [5, 5.41) is 28.8. The number of hydrogen-bond acceptors (Lipinski definition) is 7. The lowest BCUT2D eigenvalue weighted by atomic mass is 10.2. The lowest BCUT2D eigenvalue weighted by Gasteiger charge is -2.12. The van der Waals surface area contributed by atoms with E-state index < -0.39 is 11.8 Å². The highest BCUT2D eigenvalue weighted by molar-refractivity contribution is 8.03. The summed E-state index contributed by atoms with van der Waals surface area (Å²) in [5.41, 5.74) is 0.895. The van der Waals surface area contributed by atoms with Crippen molar-refractivity contribution in [3.63, 3.8) is 0 Å². The third-order valence-corrected chi connectivity index (χ3v) is 4.24. The van der Waals surface area contributed by atoms with E-state index in [1.165, 1.54) is 49.6 Å². The zero-order valence-electron chi connectivity index (χ0n) is 13.9. The summed E-state index contributed by atoms with van der Waals surface area (Å²) in [6, 6.07) is 9.72. The number of carboxylic acids is 1. The Balaban J connectivity index is 1.84. The number of thioether (sulfide) groups is 1. The van der Waals surface area contributed by atoms with E-state index >= 15 is 0 Å². The third-order valence-electron chi connectivity index (χ3n) is 3.39. The van der Waals surface area contributed by atoms with Crippen LogP contribution in [-0.2, 0) is 4.79 Å². The number of aromatic nitrogens is 2. The van der Waals surface area contributed by atoms with Crippen LogP contribution in [0.25, 0.3) is 17.5 Å². The van der Waals surface area contributed by atoms with E-state index in [0.29, 0.717) is 11.1 Å². The minimum absolute atomic E-state index is 0.00108. The predicted molar refractivity (Wildman–Crippen MR) is 93.6 cm³/mol. The van der Waals surface area contributed by atoms with Crippen LogP contribution < -0.4 is 9.84 Å². The Morgan fingerprint density at radius 3 is 2.63 bits per heavy atom. The Kier molecular flexibility index (Phi) is 5.41. The minimum atomic E-state index is -1.22. The van der Waals surface area contributed by atoms with Crippen LogP contribution >= 0.6 is 11.8 Å². The van der Waals surface area contributed by atoms with E-state index in [1.54, 1.807) is 6.07 Å². The molecular weight excluding hydrogens is 375 g/mol. The number of ether oxygens (including phenoxy) is 1. The average molecular weight is 387 g/mol. The topological polar surface area (TPSA) is 109 Å². The van der Waals surface area contributed by atoms with Gasteiger partial charge in [0, 0.05) is 5.56 Å². The first-order valence-electron chi connectivity index (χ1n) is 7.53. The van der Waals surface area contributed by atoms with Gasteiger partial charge in [0.25, 0.3) is 5.22 Å². The summed E-state index contributed by atoms with van der Waals surface area (Å²) in [6.45, 7) is 0. The molecule has 27 heavy (non-hydrogen) atoms. The Morgan fingerprint density at radius 1 is 1.26 bits per heavy atom. The van der Waals surface area contributed by atoms with E-state index in [9.17, 15) is 19.4 Å². The number of carboxylic acid groups (broad SMARTS) is 1. The Labute approximate surface area is 157 Å². The van der Waals surface area contributed by atoms with Crippen molar-refractivity contribution in [3.05, 3.63) is 58.8 Å². The van der Waals surface area contributed by atoms with Crippen LogP contribution in [0.1, 0.15) is 5.56 Å². The molecule has 0 aliphatic rings. The minimum Gasteiger partial charge on any atom is -0.870 e. The van der Waals surface area contributed by atoms with E-state index in [-0.39, 0.29) is 27.5 Å².